The second kappa shape index (κ2) is 12.3. The lowest BCUT2D eigenvalue weighted by atomic mass is 10.1. The van der Waals surface area contributed by atoms with E-state index in [-0.39, 0.29) is 35.9 Å². The highest BCUT2D eigenvalue weighted by molar-refractivity contribution is 14.0. The molecule has 6 nitrogen and oxygen atoms in total. The Morgan fingerprint density at radius 1 is 1.21 bits per heavy atom. The number of aliphatic imine (C=N–C) groups is 1. The summed E-state index contributed by atoms with van der Waals surface area (Å²) in [5.41, 5.74) is 2.59. The van der Waals surface area contributed by atoms with Gasteiger partial charge in [0.05, 0.1) is 11.6 Å². The fourth-order valence-electron chi connectivity index (χ4n) is 2.57. The summed E-state index contributed by atoms with van der Waals surface area (Å²) in [7, 11) is 3.56. The van der Waals surface area contributed by atoms with Gasteiger partial charge in [-0.25, -0.2) is 0 Å². The van der Waals surface area contributed by atoms with Gasteiger partial charge in [0.2, 0.25) is 0 Å². The number of halogens is 3. The fraction of sp³-hybridized carbons (Fsp3) is 0.400. The molecule has 0 saturated heterocycles. The maximum Gasteiger partial charge on any atom is 0.251 e. The molecule has 0 radical (unpaired) electrons. The van der Waals surface area contributed by atoms with Gasteiger partial charge in [0.15, 0.2) is 5.96 Å². The first-order chi connectivity index (χ1) is 13.3. The van der Waals surface area contributed by atoms with Crippen LogP contribution in [0.1, 0.15) is 41.9 Å². The van der Waals surface area contributed by atoms with Crippen molar-refractivity contribution in [3.8, 4) is 0 Å². The number of benzene rings is 1. The highest BCUT2D eigenvalue weighted by Gasteiger charge is 2.11. The van der Waals surface area contributed by atoms with Crippen LogP contribution in [-0.4, -0.2) is 29.5 Å². The van der Waals surface area contributed by atoms with Gasteiger partial charge in [-0.15, -0.1) is 24.0 Å². The molecule has 0 aliphatic heterocycles. The number of carbonyl (C=O) groups is 1. The van der Waals surface area contributed by atoms with Gasteiger partial charge in [-0.2, -0.15) is 0 Å². The van der Waals surface area contributed by atoms with Gasteiger partial charge in [0.1, 0.15) is 5.15 Å². The number of aromatic nitrogens is 1. The van der Waals surface area contributed by atoms with Gasteiger partial charge >= 0.3 is 0 Å². The third-order valence-electron chi connectivity index (χ3n) is 4.52. The standard InChI is InChI=1S/C20H27Cl2N5O.HI/c1-5-13(2)26-19(28)15-8-6-7-14(9-15)11-24-20(23-3)25-12-16-10-17(21)18(22)27(16)4;/h6-10,13H,5,11-12H2,1-4H3,(H,26,28)(H2,23,24,25);1H. The zero-order chi connectivity index (χ0) is 20.7. The molecule has 3 N–H and O–H groups in total. The lowest BCUT2D eigenvalue weighted by molar-refractivity contribution is 0.0939. The molecule has 29 heavy (non-hydrogen) atoms. The first-order valence-electron chi connectivity index (χ1n) is 9.19. The van der Waals surface area contributed by atoms with Gasteiger partial charge in [-0.05, 0) is 37.1 Å². The molecule has 1 amide bonds. The third kappa shape index (κ3) is 7.38. The summed E-state index contributed by atoms with van der Waals surface area (Å²) in [5.74, 6) is 0.582. The van der Waals surface area contributed by atoms with Crippen molar-refractivity contribution in [1.82, 2.24) is 20.5 Å². The molecule has 0 spiro atoms. The zero-order valence-corrected chi connectivity index (χ0v) is 20.9. The van der Waals surface area contributed by atoms with E-state index < -0.39 is 0 Å². The molecule has 1 atom stereocenters. The topological polar surface area (TPSA) is 70.4 Å². The second-order valence-electron chi connectivity index (χ2n) is 6.60. The fourth-order valence-corrected chi connectivity index (χ4v) is 2.99. The Morgan fingerprint density at radius 3 is 2.48 bits per heavy atom. The average Bonchev–Trinajstić information content (AvgIpc) is 2.95. The van der Waals surface area contributed by atoms with Crippen molar-refractivity contribution < 1.29 is 4.79 Å². The Labute approximate surface area is 199 Å². The van der Waals surface area contributed by atoms with Crippen LogP contribution in [0.15, 0.2) is 35.3 Å². The normalized spacial score (nSPS) is 12.1. The van der Waals surface area contributed by atoms with Crippen LogP contribution in [0.3, 0.4) is 0 Å². The number of hydrogen-bond acceptors (Lipinski definition) is 2. The number of hydrogen-bond donors (Lipinski definition) is 3. The van der Waals surface area contributed by atoms with E-state index in [0.717, 1.165) is 17.7 Å². The molecule has 1 aromatic carbocycles. The van der Waals surface area contributed by atoms with Crippen molar-refractivity contribution in [2.45, 2.75) is 39.4 Å². The van der Waals surface area contributed by atoms with Crippen LogP contribution in [0.2, 0.25) is 10.2 Å². The van der Waals surface area contributed by atoms with Crippen LogP contribution >= 0.6 is 47.2 Å². The Morgan fingerprint density at radius 2 is 1.90 bits per heavy atom. The summed E-state index contributed by atoms with van der Waals surface area (Å²) >= 11 is 12.1. The molecule has 0 bridgehead atoms. The van der Waals surface area contributed by atoms with Crippen molar-refractivity contribution in [2.75, 3.05) is 7.05 Å². The van der Waals surface area contributed by atoms with Crippen molar-refractivity contribution in [1.29, 1.82) is 0 Å². The van der Waals surface area contributed by atoms with Crippen molar-refractivity contribution in [3.05, 3.63) is 57.3 Å². The van der Waals surface area contributed by atoms with Crippen LogP contribution < -0.4 is 16.0 Å². The molecule has 1 aromatic heterocycles. The summed E-state index contributed by atoms with van der Waals surface area (Å²) in [6.07, 6.45) is 0.895. The van der Waals surface area contributed by atoms with E-state index in [1.165, 1.54) is 0 Å². The minimum atomic E-state index is -0.0591. The SMILES string of the molecule is CCC(C)NC(=O)c1cccc(CNC(=NC)NCc2cc(Cl)c(Cl)n2C)c1.I. The van der Waals surface area contributed by atoms with E-state index in [1.54, 1.807) is 7.05 Å². The van der Waals surface area contributed by atoms with E-state index in [4.69, 9.17) is 23.2 Å². The molecule has 0 aliphatic carbocycles. The minimum Gasteiger partial charge on any atom is -0.352 e. The van der Waals surface area contributed by atoms with Crippen molar-refractivity contribution >= 4 is 59.0 Å². The molecule has 1 heterocycles. The number of carbonyl (C=O) groups excluding carboxylic acids is 1. The number of nitrogens with zero attached hydrogens (tertiary/aromatic N) is 2. The van der Waals surface area contributed by atoms with Gasteiger partial charge in [-0.3, -0.25) is 9.79 Å². The molecule has 2 aromatic rings. The highest BCUT2D eigenvalue weighted by atomic mass is 127. The lowest BCUT2D eigenvalue weighted by Crippen LogP contribution is -2.36. The summed E-state index contributed by atoms with van der Waals surface area (Å²) in [6, 6.07) is 9.52. The minimum absolute atomic E-state index is 0. The molecule has 160 valence electrons. The molecule has 9 heteroatoms. The monoisotopic (exact) mass is 551 g/mol. The van der Waals surface area contributed by atoms with Gasteiger partial charge in [0, 0.05) is 37.9 Å². The van der Waals surface area contributed by atoms with Crippen LogP contribution in [0.4, 0.5) is 0 Å². The molecule has 0 saturated carbocycles. The van der Waals surface area contributed by atoms with Gasteiger partial charge < -0.3 is 20.5 Å². The van der Waals surface area contributed by atoms with Gasteiger partial charge in [0.25, 0.3) is 5.91 Å². The Hall–Kier alpha value is -1.45. The zero-order valence-electron chi connectivity index (χ0n) is 17.1. The highest BCUT2D eigenvalue weighted by Crippen LogP contribution is 2.24. The molecule has 1 unspecified atom stereocenters. The first kappa shape index (κ1) is 25.6. The van der Waals surface area contributed by atoms with E-state index >= 15 is 0 Å². The van der Waals surface area contributed by atoms with Crippen LogP contribution in [0, 0.1) is 0 Å². The van der Waals surface area contributed by atoms with E-state index in [9.17, 15) is 4.79 Å². The first-order valence-corrected chi connectivity index (χ1v) is 9.95. The predicted octanol–water partition coefficient (Wildman–Crippen LogP) is 4.34. The van der Waals surface area contributed by atoms with Crippen LogP contribution in [0.25, 0.3) is 0 Å². The maximum absolute atomic E-state index is 12.3. The molecule has 2 rings (SSSR count). The van der Waals surface area contributed by atoms with E-state index in [1.807, 2.05) is 55.8 Å². The molecular formula is C20H28Cl2IN5O. The van der Waals surface area contributed by atoms with Crippen molar-refractivity contribution in [2.24, 2.45) is 12.0 Å². The summed E-state index contributed by atoms with van der Waals surface area (Å²) in [6.45, 7) is 5.10. The number of amides is 1. The van der Waals surface area contributed by atoms with Crippen LogP contribution in [-0.2, 0) is 20.1 Å². The Bertz CT molecular complexity index is 853. The number of rotatable bonds is 7. The average molecular weight is 552 g/mol. The Balaban J connectivity index is 0.00000420. The number of guanidine groups is 1. The predicted molar refractivity (Wildman–Crippen MR) is 132 cm³/mol. The van der Waals surface area contributed by atoms with Crippen molar-refractivity contribution in [3.63, 3.8) is 0 Å². The second-order valence-corrected chi connectivity index (χ2v) is 7.36. The number of nitrogens with one attached hydrogen (secondary N) is 3. The maximum atomic E-state index is 12.3. The largest absolute Gasteiger partial charge is 0.352 e. The summed E-state index contributed by atoms with van der Waals surface area (Å²) in [4.78, 5) is 16.5. The summed E-state index contributed by atoms with van der Waals surface area (Å²) < 4.78 is 1.82. The molecule has 0 fully saturated rings. The smallest absolute Gasteiger partial charge is 0.251 e. The molecular weight excluding hydrogens is 524 g/mol. The lowest BCUT2D eigenvalue weighted by Gasteiger charge is -2.14. The van der Waals surface area contributed by atoms with E-state index in [2.05, 4.69) is 20.9 Å². The molecule has 0 aliphatic rings. The van der Waals surface area contributed by atoms with Gasteiger partial charge in [-0.1, -0.05) is 42.3 Å². The third-order valence-corrected chi connectivity index (χ3v) is 5.36. The summed E-state index contributed by atoms with van der Waals surface area (Å²) in [5, 5.41) is 10.5. The van der Waals surface area contributed by atoms with Crippen LogP contribution in [0.5, 0.6) is 0 Å². The quantitative estimate of drug-likeness (QED) is 0.272. The van der Waals surface area contributed by atoms with E-state index in [0.29, 0.717) is 34.8 Å². The Kier molecular flexibility index (Phi) is 10.8.